The van der Waals surface area contributed by atoms with Crippen LogP contribution in [0.1, 0.15) is 5.69 Å². The lowest BCUT2D eigenvalue weighted by atomic mass is 10.1. The van der Waals surface area contributed by atoms with E-state index in [1.54, 1.807) is 16.4 Å². The summed E-state index contributed by atoms with van der Waals surface area (Å²) in [7, 11) is 1.85. The molecule has 100 valence electrons. The third-order valence-corrected chi connectivity index (χ3v) is 4.25. The van der Waals surface area contributed by atoms with Gasteiger partial charge in [0.25, 0.3) is 0 Å². The quantitative estimate of drug-likeness (QED) is 0.913. The molecule has 2 N–H and O–H groups in total. The Morgan fingerprint density at radius 3 is 3.16 bits per heavy atom. The first kappa shape index (κ1) is 12.5. The zero-order chi connectivity index (χ0) is 13.2. The third kappa shape index (κ3) is 2.74. The van der Waals surface area contributed by atoms with Crippen LogP contribution in [-0.4, -0.2) is 32.9 Å². The van der Waals surface area contributed by atoms with Gasteiger partial charge in [-0.2, -0.15) is 0 Å². The fraction of sp³-hybridized carbons (Fsp3) is 0.385. The number of rotatable bonds is 3. The molecular formula is C13H16N4OS. The van der Waals surface area contributed by atoms with E-state index in [9.17, 15) is 0 Å². The molecule has 1 aliphatic heterocycles. The number of aryl methyl sites for hydroxylation is 1. The van der Waals surface area contributed by atoms with Crippen molar-refractivity contribution in [2.45, 2.75) is 23.5 Å². The zero-order valence-corrected chi connectivity index (χ0v) is 11.5. The zero-order valence-electron chi connectivity index (χ0n) is 10.7. The predicted octanol–water partition coefficient (Wildman–Crippen LogP) is 1.24. The molecule has 3 rings (SSSR count). The Morgan fingerprint density at radius 2 is 2.37 bits per heavy atom. The van der Waals surface area contributed by atoms with Crippen LogP contribution in [0.5, 0.6) is 5.75 Å². The average Bonchev–Trinajstić information content (AvgIpc) is 2.83. The van der Waals surface area contributed by atoms with Gasteiger partial charge in [0.1, 0.15) is 11.9 Å². The number of nitrogens with two attached hydrogens (primary N) is 1. The van der Waals surface area contributed by atoms with Crippen LogP contribution in [0.2, 0.25) is 0 Å². The standard InChI is InChI=1S/C13H16N4OS/c1-17-7-9(15-16-17)6-10(14)12-8-19-13-5-3-2-4-11(13)18-12/h2-5,7,10,12H,6,8,14H2,1H3. The average molecular weight is 276 g/mol. The maximum atomic E-state index is 6.23. The highest BCUT2D eigenvalue weighted by Gasteiger charge is 2.26. The SMILES string of the molecule is Cn1cc(CC(N)C2CSc3ccccc3O2)nn1. The molecule has 2 atom stereocenters. The molecule has 0 aliphatic carbocycles. The molecule has 6 heteroatoms. The number of hydrogen-bond acceptors (Lipinski definition) is 5. The van der Waals surface area contributed by atoms with Gasteiger partial charge in [-0.1, -0.05) is 17.3 Å². The summed E-state index contributed by atoms with van der Waals surface area (Å²) >= 11 is 1.79. The van der Waals surface area contributed by atoms with Gasteiger partial charge < -0.3 is 10.5 Å². The lowest BCUT2D eigenvalue weighted by molar-refractivity contribution is 0.183. The van der Waals surface area contributed by atoms with Crippen molar-refractivity contribution in [2.75, 3.05) is 5.75 Å². The Kier molecular flexibility index (Phi) is 3.44. The molecule has 2 unspecified atom stereocenters. The molecule has 19 heavy (non-hydrogen) atoms. The minimum Gasteiger partial charge on any atom is -0.487 e. The van der Waals surface area contributed by atoms with Gasteiger partial charge in [-0.3, -0.25) is 4.68 Å². The van der Waals surface area contributed by atoms with Crippen molar-refractivity contribution in [2.24, 2.45) is 12.8 Å². The van der Waals surface area contributed by atoms with Gasteiger partial charge in [0.15, 0.2) is 0 Å². The van der Waals surface area contributed by atoms with Crippen molar-refractivity contribution in [3.05, 3.63) is 36.2 Å². The molecule has 0 saturated heterocycles. The normalized spacial score (nSPS) is 19.6. The third-order valence-electron chi connectivity index (χ3n) is 3.10. The highest BCUT2D eigenvalue weighted by Crippen LogP contribution is 2.35. The molecule has 1 aromatic heterocycles. The molecule has 1 aromatic carbocycles. The number of ether oxygens (including phenoxy) is 1. The van der Waals surface area contributed by atoms with Gasteiger partial charge in [0.2, 0.25) is 0 Å². The van der Waals surface area contributed by atoms with E-state index in [-0.39, 0.29) is 12.1 Å². The molecule has 2 heterocycles. The number of hydrogen-bond donors (Lipinski definition) is 1. The summed E-state index contributed by atoms with van der Waals surface area (Å²) in [6, 6.07) is 8.00. The highest BCUT2D eigenvalue weighted by molar-refractivity contribution is 7.99. The Bertz CT molecular complexity index is 571. The van der Waals surface area contributed by atoms with Gasteiger partial charge in [0, 0.05) is 36.4 Å². The van der Waals surface area contributed by atoms with Crippen LogP contribution in [0, 0.1) is 0 Å². The fourth-order valence-electron chi connectivity index (χ4n) is 2.11. The van der Waals surface area contributed by atoms with Gasteiger partial charge in [-0.05, 0) is 12.1 Å². The number of para-hydroxylation sites is 1. The molecule has 2 aromatic rings. The predicted molar refractivity (Wildman–Crippen MR) is 74.3 cm³/mol. The van der Waals surface area contributed by atoms with Gasteiger partial charge in [-0.25, -0.2) is 0 Å². The first-order valence-corrected chi connectivity index (χ1v) is 7.20. The number of nitrogens with zero attached hydrogens (tertiary/aromatic N) is 3. The van der Waals surface area contributed by atoms with Gasteiger partial charge in [0.05, 0.1) is 5.69 Å². The number of thioether (sulfide) groups is 1. The molecule has 0 radical (unpaired) electrons. The first-order chi connectivity index (χ1) is 9.22. The highest BCUT2D eigenvalue weighted by atomic mass is 32.2. The van der Waals surface area contributed by atoms with Crippen molar-refractivity contribution in [3.63, 3.8) is 0 Å². The summed E-state index contributed by atoms with van der Waals surface area (Å²) in [6.07, 6.45) is 2.59. The Hall–Kier alpha value is -1.53. The summed E-state index contributed by atoms with van der Waals surface area (Å²) in [5.41, 5.74) is 7.14. The Morgan fingerprint density at radius 1 is 1.53 bits per heavy atom. The second-order valence-corrected chi connectivity index (χ2v) is 5.73. The maximum Gasteiger partial charge on any atom is 0.133 e. The number of fused-ring (bicyclic) bond motifs is 1. The van der Waals surface area contributed by atoms with Crippen molar-refractivity contribution < 1.29 is 4.74 Å². The molecular weight excluding hydrogens is 260 g/mol. The maximum absolute atomic E-state index is 6.23. The summed E-state index contributed by atoms with van der Waals surface area (Å²) in [6.45, 7) is 0. The lowest BCUT2D eigenvalue weighted by Gasteiger charge is -2.29. The minimum absolute atomic E-state index is 0.0157. The number of aromatic nitrogens is 3. The topological polar surface area (TPSA) is 66.0 Å². The van der Waals surface area contributed by atoms with E-state index in [1.165, 1.54) is 4.90 Å². The van der Waals surface area contributed by atoms with Crippen LogP contribution in [0.25, 0.3) is 0 Å². The van der Waals surface area contributed by atoms with Crippen LogP contribution in [0.3, 0.4) is 0 Å². The first-order valence-electron chi connectivity index (χ1n) is 6.21. The largest absolute Gasteiger partial charge is 0.487 e. The van der Waals surface area contributed by atoms with E-state index in [0.717, 1.165) is 17.2 Å². The molecule has 0 fully saturated rings. The van der Waals surface area contributed by atoms with Crippen LogP contribution < -0.4 is 10.5 Å². The van der Waals surface area contributed by atoms with E-state index in [0.29, 0.717) is 6.42 Å². The van der Waals surface area contributed by atoms with Crippen LogP contribution in [0.15, 0.2) is 35.4 Å². The van der Waals surface area contributed by atoms with E-state index < -0.39 is 0 Å². The van der Waals surface area contributed by atoms with Crippen molar-refractivity contribution in [3.8, 4) is 5.75 Å². The molecule has 0 bridgehead atoms. The molecule has 0 saturated carbocycles. The smallest absolute Gasteiger partial charge is 0.133 e. The molecule has 5 nitrogen and oxygen atoms in total. The Balaban J connectivity index is 1.67. The van der Waals surface area contributed by atoms with E-state index in [4.69, 9.17) is 10.5 Å². The second-order valence-electron chi connectivity index (χ2n) is 4.67. The molecule has 0 amide bonds. The van der Waals surface area contributed by atoms with Crippen LogP contribution in [0.4, 0.5) is 0 Å². The van der Waals surface area contributed by atoms with Crippen molar-refractivity contribution in [1.29, 1.82) is 0 Å². The van der Waals surface area contributed by atoms with Crippen molar-refractivity contribution >= 4 is 11.8 Å². The van der Waals surface area contributed by atoms with Crippen LogP contribution >= 0.6 is 11.8 Å². The summed E-state index contributed by atoms with van der Waals surface area (Å²) < 4.78 is 7.66. The van der Waals surface area contributed by atoms with E-state index in [2.05, 4.69) is 16.4 Å². The summed E-state index contributed by atoms with van der Waals surface area (Å²) in [4.78, 5) is 1.19. The molecule has 1 aliphatic rings. The van der Waals surface area contributed by atoms with Gasteiger partial charge in [-0.15, -0.1) is 16.9 Å². The minimum atomic E-state index is -0.0717. The molecule has 0 spiro atoms. The Labute approximate surface area is 116 Å². The lowest BCUT2D eigenvalue weighted by Crippen LogP contribution is -2.43. The van der Waals surface area contributed by atoms with Gasteiger partial charge >= 0.3 is 0 Å². The second kappa shape index (κ2) is 5.22. The fourth-order valence-corrected chi connectivity index (χ4v) is 3.20. The summed E-state index contributed by atoms with van der Waals surface area (Å²) in [5.74, 6) is 1.80. The summed E-state index contributed by atoms with van der Waals surface area (Å²) in [5, 5.41) is 7.98. The van der Waals surface area contributed by atoms with E-state index in [1.807, 2.05) is 31.4 Å². The van der Waals surface area contributed by atoms with Crippen molar-refractivity contribution in [1.82, 2.24) is 15.0 Å². The number of benzene rings is 1. The monoisotopic (exact) mass is 276 g/mol. The van der Waals surface area contributed by atoms with Crippen LogP contribution in [-0.2, 0) is 13.5 Å². The van der Waals surface area contributed by atoms with E-state index >= 15 is 0 Å².